The molecule has 2 aromatic rings. The molecule has 2 N–H and O–H groups in total. The number of aromatic nitrogens is 1. The Kier molecular flexibility index (Phi) is 5.99. The van der Waals surface area contributed by atoms with Crippen molar-refractivity contribution in [2.24, 2.45) is 5.92 Å². The number of carbonyl (C=O) groups is 1. The van der Waals surface area contributed by atoms with Crippen LogP contribution in [-0.2, 0) is 4.79 Å². The van der Waals surface area contributed by atoms with Crippen LogP contribution in [0.2, 0.25) is 0 Å². The highest BCUT2D eigenvalue weighted by atomic mass is 32.1. The first-order chi connectivity index (χ1) is 10.2. The van der Waals surface area contributed by atoms with Gasteiger partial charge in [0.15, 0.2) is 0 Å². The van der Waals surface area contributed by atoms with Crippen LogP contribution in [0.5, 0.6) is 0 Å². The third-order valence-corrected chi connectivity index (χ3v) is 4.57. The fourth-order valence-corrected chi connectivity index (χ4v) is 3.38. The van der Waals surface area contributed by atoms with Crippen molar-refractivity contribution in [3.63, 3.8) is 0 Å². The van der Waals surface area contributed by atoms with Crippen molar-refractivity contribution in [3.8, 4) is 0 Å². The molecular weight excluding hydrogens is 284 g/mol. The molecule has 2 rings (SSSR count). The van der Waals surface area contributed by atoms with E-state index in [9.17, 15) is 4.79 Å². The van der Waals surface area contributed by atoms with Gasteiger partial charge in [0.05, 0.1) is 0 Å². The molecular formula is C16H22N2O2S. The topological polar surface area (TPSA) is 62.2 Å². The Morgan fingerprint density at radius 3 is 3.00 bits per heavy atom. The van der Waals surface area contributed by atoms with Gasteiger partial charge in [-0.2, -0.15) is 0 Å². The van der Waals surface area contributed by atoms with Crippen molar-refractivity contribution in [2.45, 2.75) is 39.0 Å². The number of aliphatic carboxylic acids is 1. The van der Waals surface area contributed by atoms with E-state index in [1.165, 1.54) is 10.1 Å². The van der Waals surface area contributed by atoms with Crippen molar-refractivity contribution in [1.29, 1.82) is 0 Å². The van der Waals surface area contributed by atoms with E-state index in [1.54, 1.807) is 11.3 Å². The zero-order valence-electron chi connectivity index (χ0n) is 12.3. The van der Waals surface area contributed by atoms with Crippen LogP contribution in [0.4, 0.5) is 5.82 Å². The summed E-state index contributed by atoms with van der Waals surface area (Å²) in [5.41, 5.74) is 0. The highest BCUT2D eigenvalue weighted by molar-refractivity contribution is 7.17. The zero-order valence-corrected chi connectivity index (χ0v) is 13.2. The lowest BCUT2D eigenvalue weighted by Crippen LogP contribution is -2.11. The molecule has 0 aliphatic rings. The highest BCUT2D eigenvalue weighted by Crippen LogP contribution is 2.26. The fourth-order valence-electron chi connectivity index (χ4n) is 2.60. The number of rotatable bonds is 9. The van der Waals surface area contributed by atoms with E-state index in [0.29, 0.717) is 5.92 Å². The molecule has 4 nitrogen and oxygen atoms in total. The number of nitrogens with one attached hydrogen (secondary N) is 1. The summed E-state index contributed by atoms with van der Waals surface area (Å²) in [5.74, 6) is 0.705. The first kappa shape index (κ1) is 15.8. The third kappa shape index (κ3) is 4.70. The van der Waals surface area contributed by atoms with Crippen LogP contribution in [0.3, 0.4) is 0 Å². The minimum absolute atomic E-state index is 0.267. The minimum atomic E-state index is -0.700. The van der Waals surface area contributed by atoms with Gasteiger partial charge in [0.1, 0.15) is 5.82 Å². The molecule has 0 bridgehead atoms. The van der Waals surface area contributed by atoms with E-state index in [1.807, 2.05) is 12.3 Å². The number of pyridine rings is 1. The predicted molar refractivity (Wildman–Crippen MR) is 88.0 cm³/mol. The number of anilines is 1. The van der Waals surface area contributed by atoms with Gasteiger partial charge < -0.3 is 10.4 Å². The molecule has 0 radical (unpaired) electrons. The van der Waals surface area contributed by atoms with Crippen LogP contribution < -0.4 is 5.32 Å². The molecule has 1 atom stereocenters. The smallest absolute Gasteiger partial charge is 0.303 e. The SMILES string of the molecule is CCCC(CCNc1nccc2sccc12)CCC(=O)O. The molecule has 0 amide bonds. The van der Waals surface area contributed by atoms with E-state index in [0.717, 1.165) is 38.0 Å². The molecule has 5 heteroatoms. The van der Waals surface area contributed by atoms with Gasteiger partial charge in [0.2, 0.25) is 0 Å². The largest absolute Gasteiger partial charge is 0.481 e. The minimum Gasteiger partial charge on any atom is -0.481 e. The summed E-state index contributed by atoms with van der Waals surface area (Å²) in [6.45, 7) is 2.99. The third-order valence-electron chi connectivity index (χ3n) is 3.69. The lowest BCUT2D eigenvalue weighted by molar-refractivity contribution is -0.137. The molecule has 21 heavy (non-hydrogen) atoms. The molecule has 0 spiro atoms. The molecule has 114 valence electrons. The molecule has 1 unspecified atom stereocenters. The molecule has 2 aromatic heterocycles. The lowest BCUT2D eigenvalue weighted by atomic mass is 9.94. The molecule has 0 fully saturated rings. The van der Waals surface area contributed by atoms with Gasteiger partial charge in [-0.25, -0.2) is 4.98 Å². The normalized spacial score (nSPS) is 12.4. The zero-order chi connectivity index (χ0) is 15.1. The maximum atomic E-state index is 10.7. The Hall–Kier alpha value is -1.62. The number of nitrogens with zero attached hydrogens (tertiary/aromatic N) is 1. The number of carboxylic acid groups (broad SMARTS) is 1. The van der Waals surface area contributed by atoms with Gasteiger partial charge in [-0.15, -0.1) is 11.3 Å². The van der Waals surface area contributed by atoms with Crippen LogP contribution >= 0.6 is 11.3 Å². The van der Waals surface area contributed by atoms with E-state index >= 15 is 0 Å². The summed E-state index contributed by atoms with van der Waals surface area (Å²) in [6, 6.07) is 4.11. The van der Waals surface area contributed by atoms with E-state index in [-0.39, 0.29) is 6.42 Å². The number of carboxylic acids is 1. The molecule has 2 heterocycles. The van der Waals surface area contributed by atoms with Crippen LogP contribution in [-0.4, -0.2) is 22.6 Å². The van der Waals surface area contributed by atoms with Crippen LogP contribution in [0, 0.1) is 5.92 Å². The van der Waals surface area contributed by atoms with Gasteiger partial charge in [0, 0.05) is 29.2 Å². The van der Waals surface area contributed by atoms with Gasteiger partial charge >= 0.3 is 5.97 Å². The van der Waals surface area contributed by atoms with Gasteiger partial charge in [-0.1, -0.05) is 19.8 Å². The first-order valence-electron chi connectivity index (χ1n) is 7.48. The van der Waals surface area contributed by atoms with E-state index in [2.05, 4.69) is 28.7 Å². The second kappa shape index (κ2) is 7.98. The number of thiophene rings is 1. The van der Waals surface area contributed by atoms with Gasteiger partial charge in [-0.3, -0.25) is 4.79 Å². The average molecular weight is 306 g/mol. The Balaban J connectivity index is 1.86. The van der Waals surface area contributed by atoms with Crippen LogP contribution in [0.25, 0.3) is 10.1 Å². The Bertz CT molecular complexity index is 582. The summed E-state index contributed by atoms with van der Waals surface area (Å²) >= 11 is 1.72. The van der Waals surface area contributed by atoms with Crippen molar-refractivity contribution < 1.29 is 9.90 Å². The molecule has 0 aliphatic carbocycles. The predicted octanol–water partition coefficient (Wildman–Crippen LogP) is 4.38. The number of hydrogen-bond acceptors (Lipinski definition) is 4. The second-order valence-electron chi connectivity index (χ2n) is 5.29. The van der Waals surface area contributed by atoms with Crippen LogP contribution in [0.1, 0.15) is 39.0 Å². The Morgan fingerprint density at radius 2 is 2.24 bits per heavy atom. The molecule has 0 saturated carbocycles. The molecule has 0 aromatic carbocycles. The Morgan fingerprint density at radius 1 is 1.38 bits per heavy atom. The fraction of sp³-hybridized carbons (Fsp3) is 0.500. The summed E-state index contributed by atoms with van der Waals surface area (Å²) in [7, 11) is 0. The van der Waals surface area contributed by atoms with Crippen molar-refractivity contribution in [1.82, 2.24) is 4.98 Å². The van der Waals surface area contributed by atoms with Crippen molar-refractivity contribution in [3.05, 3.63) is 23.7 Å². The van der Waals surface area contributed by atoms with E-state index < -0.39 is 5.97 Å². The van der Waals surface area contributed by atoms with Crippen molar-refractivity contribution >= 4 is 33.2 Å². The molecule has 0 saturated heterocycles. The lowest BCUT2D eigenvalue weighted by Gasteiger charge is -2.15. The Labute approximate surface area is 129 Å². The summed E-state index contributed by atoms with van der Waals surface area (Å²) < 4.78 is 1.24. The van der Waals surface area contributed by atoms with Crippen molar-refractivity contribution in [2.75, 3.05) is 11.9 Å². The molecule has 0 aliphatic heterocycles. The quantitative estimate of drug-likeness (QED) is 0.721. The van der Waals surface area contributed by atoms with Gasteiger partial charge in [-0.05, 0) is 36.3 Å². The second-order valence-corrected chi connectivity index (χ2v) is 6.24. The maximum absolute atomic E-state index is 10.7. The summed E-state index contributed by atoms with van der Waals surface area (Å²) in [4.78, 5) is 15.1. The summed E-state index contributed by atoms with van der Waals surface area (Å²) in [5, 5.41) is 15.4. The monoisotopic (exact) mass is 306 g/mol. The average Bonchev–Trinajstić information content (AvgIpc) is 2.94. The number of fused-ring (bicyclic) bond motifs is 1. The van der Waals surface area contributed by atoms with E-state index in [4.69, 9.17) is 5.11 Å². The van der Waals surface area contributed by atoms with Gasteiger partial charge in [0.25, 0.3) is 0 Å². The first-order valence-corrected chi connectivity index (χ1v) is 8.36. The standard InChI is InChI=1S/C16H22N2O2S/c1-2-3-12(4-5-15(19)20)6-9-17-16-13-8-11-21-14(13)7-10-18-16/h7-8,10-12H,2-6,9H2,1H3,(H,17,18)(H,19,20). The number of hydrogen-bond donors (Lipinski definition) is 2. The highest BCUT2D eigenvalue weighted by Gasteiger charge is 2.10. The van der Waals surface area contributed by atoms with Crippen LogP contribution in [0.15, 0.2) is 23.7 Å². The summed E-state index contributed by atoms with van der Waals surface area (Å²) in [6.07, 6.45) is 6.04. The maximum Gasteiger partial charge on any atom is 0.303 e.